The molecule has 0 aliphatic rings. The van der Waals surface area contributed by atoms with Gasteiger partial charge in [0.1, 0.15) is 17.4 Å². The number of benzene rings is 2. The van der Waals surface area contributed by atoms with Crippen LogP contribution >= 0.6 is 11.6 Å². The molecule has 3 rings (SSSR count). The Hall–Kier alpha value is -3.06. The fraction of sp³-hybridized carbons (Fsp3) is 0.320. The summed E-state index contributed by atoms with van der Waals surface area (Å²) < 4.78 is 30.6. The standard InChI is InChI=1S/C25H25ClF2N2O3/c1-17(18-7-3-2-4-8-18)14-30-24(32)19(13-20(31)9-6-12-26)15-29(25(30)33)16-21-22(27)10-5-11-23(21)28/h2-5,7-8,10-11,15,17H,6,9,12-14,16H2,1H3/t17-/m0/s1. The van der Waals surface area contributed by atoms with Crippen LogP contribution in [-0.4, -0.2) is 20.8 Å². The lowest BCUT2D eigenvalue weighted by molar-refractivity contribution is -0.118. The molecule has 0 saturated heterocycles. The van der Waals surface area contributed by atoms with Gasteiger partial charge in [-0.1, -0.05) is 43.3 Å². The van der Waals surface area contributed by atoms with Crippen LogP contribution in [0.5, 0.6) is 0 Å². The molecule has 0 amide bonds. The lowest BCUT2D eigenvalue weighted by Gasteiger charge is -2.17. The number of hydrogen-bond acceptors (Lipinski definition) is 3. The Morgan fingerprint density at radius 2 is 1.70 bits per heavy atom. The first-order chi connectivity index (χ1) is 15.8. The molecule has 0 unspecified atom stereocenters. The highest BCUT2D eigenvalue weighted by Gasteiger charge is 2.19. The molecule has 3 aromatic rings. The van der Waals surface area contributed by atoms with Gasteiger partial charge in [-0.3, -0.25) is 18.7 Å². The molecule has 1 heterocycles. The van der Waals surface area contributed by atoms with Crippen molar-refractivity contribution in [1.29, 1.82) is 0 Å². The number of aromatic nitrogens is 2. The summed E-state index contributed by atoms with van der Waals surface area (Å²) in [6.45, 7) is 1.53. The molecule has 0 bridgehead atoms. The fourth-order valence-electron chi connectivity index (χ4n) is 3.69. The molecule has 0 aliphatic carbocycles. The van der Waals surface area contributed by atoms with Crippen molar-refractivity contribution < 1.29 is 13.6 Å². The molecule has 0 N–H and O–H groups in total. The Morgan fingerprint density at radius 1 is 1.03 bits per heavy atom. The van der Waals surface area contributed by atoms with Crippen LogP contribution in [0.1, 0.15) is 42.4 Å². The van der Waals surface area contributed by atoms with Crippen LogP contribution in [0, 0.1) is 11.6 Å². The number of carbonyl (C=O) groups excluding carboxylic acids is 1. The Morgan fingerprint density at radius 3 is 2.33 bits per heavy atom. The van der Waals surface area contributed by atoms with E-state index in [1.807, 2.05) is 37.3 Å². The minimum absolute atomic E-state index is 0.0607. The van der Waals surface area contributed by atoms with E-state index < -0.39 is 29.4 Å². The summed E-state index contributed by atoms with van der Waals surface area (Å²) in [6, 6.07) is 12.8. The third-order valence-corrected chi connectivity index (χ3v) is 5.77. The predicted molar refractivity (Wildman–Crippen MR) is 124 cm³/mol. The highest BCUT2D eigenvalue weighted by Crippen LogP contribution is 2.16. The molecule has 1 atom stereocenters. The number of halogens is 3. The van der Waals surface area contributed by atoms with Crippen molar-refractivity contribution in [3.8, 4) is 0 Å². The first-order valence-electron chi connectivity index (χ1n) is 10.7. The summed E-state index contributed by atoms with van der Waals surface area (Å²) in [7, 11) is 0. The Labute approximate surface area is 195 Å². The van der Waals surface area contributed by atoms with E-state index in [2.05, 4.69) is 0 Å². The van der Waals surface area contributed by atoms with E-state index in [0.29, 0.717) is 12.3 Å². The van der Waals surface area contributed by atoms with E-state index in [1.54, 1.807) is 0 Å². The molecule has 5 nitrogen and oxygen atoms in total. The highest BCUT2D eigenvalue weighted by molar-refractivity contribution is 6.17. The molecule has 33 heavy (non-hydrogen) atoms. The van der Waals surface area contributed by atoms with Gasteiger partial charge in [0, 0.05) is 42.6 Å². The molecule has 0 spiro atoms. The maximum Gasteiger partial charge on any atom is 0.331 e. The summed E-state index contributed by atoms with van der Waals surface area (Å²) in [5, 5.41) is 0. The van der Waals surface area contributed by atoms with Gasteiger partial charge < -0.3 is 0 Å². The number of rotatable bonds is 10. The Balaban J connectivity index is 2.05. The minimum Gasteiger partial charge on any atom is -0.299 e. The molecule has 2 aromatic carbocycles. The van der Waals surface area contributed by atoms with Crippen molar-refractivity contribution in [2.75, 3.05) is 5.88 Å². The van der Waals surface area contributed by atoms with E-state index in [4.69, 9.17) is 11.6 Å². The summed E-state index contributed by atoms with van der Waals surface area (Å²) in [5.41, 5.74) is -0.528. The summed E-state index contributed by atoms with van der Waals surface area (Å²) in [5.74, 6) is -1.65. The largest absolute Gasteiger partial charge is 0.331 e. The number of nitrogens with zero attached hydrogens (tertiary/aromatic N) is 2. The fourth-order valence-corrected chi connectivity index (χ4v) is 3.82. The van der Waals surface area contributed by atoms with Crippen molar-refractivity contribution >= 4 is 17.4 Å². The second-order valence-electron chi connectivity index (χ2n) is 8.00. The van der Waals surface area contributed by atoms with Gasteiger partial charge in [0.2, 0.25) is 0 Å². The molecular formula is C25H25ClF2N2O3. The van der Waals surface area contributed by atoms with E-state index in [-0.39, 0.29) is 42.2 Å². The zero-order valence-corrected chi connectivity index (χ0v) is 19.0. The van der Waals surface area contributed by atoms with Crippen molar-refractivity contribution in [3.05, 3.63) is 104 Å². The van der Waals surface area contributed by atoms with E-state index >= 15 is 0 Å². The van der Waals surface area contributed by atoms with Crippen molar-refractivity contribution in [2.45, 2.75) is 45.2 Å². The molecular weight excluding hydrogens is 450 g/mol. The van der Waals surface area contributed by atoms with Crippen LogP contribution in [0.4, 0.5) is 8.78 Å². The first-order valence-corrected chi connectivity index (χ1v) is 11.2. The van der Waals surface area contributed by atoms with Gasteiger partial charge in [0.25, 0.3) is 5.56 Å². The zero-order chi connectivity index (χ0) is 24.0. The average Bonchev–Trinajstić information content (AvgIpc) is 2.81. The monoisotopic (exact) mass is 474 g/mol. The third kappa shape index (κ3) is 6.05. The van der Waals surface area contributed by atoms with Gasteiger partial charge >= 0.3 is 5.69 Å². The summed E-state index contributed by atoms with van der Waals surface area (Å²) in [6.07, 6.45) is 1.72. The van der Waals surface area contributed by atoms with Crippen molar-refractivity contribution in [3.63, 3.8) is 0 Å². The molecule has 0 saturated carbocycles. The number of carbonyl (C=O) groups is 1. The van der Waals surface area contributed by atoms with Gasteiger partial charge in [0.05, 0.1) is 6.54 Å². The van der Waals surface area contributed by atoms with Gasteiger partial charge in [-0.05, 0) is 30.0 Å². The molecule has 0 fully saturated rings. The van der Waals surface area contributed by atoms with Crippen LogP contribution in [0.3, 0.4) is 0 Å². The topological polar surface area (TPSA) is 61.1 Å². The molecule has 0 aliphatic heterocycles. The van der Waals surface area contributed by atoms with E-state index in [0.717, 1.165) is 26.8 Å². The lowest BCUT2D eigenvalue weighted by Crippen LogP contribution is -2.43. The second-order valence-corrected chi connectivity index (χ2v) is 8.38. The SMILES string of the molecule is C[C@@H](Cn1c(=O)c(CC(=O)CCCCl)cn(Cc2c(F)cccc2F)c1=O)c1ccccc1. The smallest absolute Gasteiger partial charge is 0.299 e. The van der Waals surface area contributed by atoms with Gasteiger partial charge in [-0.25, -0.2) is 13.6 Å². The van der Waals surface area contributed by atoms with Crippen LogP contribution in [0.25, 0.3) is 0 Å². The Kier molecular flexibility index (Phi) is 8.33. The highest BCUT2D eigenvalue weighted by atomic mass is 35.5. The van der Waals surface area contributed by atoms with Gasteiger partial charge in [0.15, 0.2) is 0 Å². The van der Waals surface area contributed by atoms with Crippen LogP contribution in [-0.2, 0) is 24.3 Å². The van der Waals surface area contributed by atoms with Gasteiger partial charge in [-0.15, -0.1) is 11.6 Å². The molecule has 1 aromatic heterocycles. The quantitative estimate of drug-likeness (QED) is 0.412. The number of Topliss-reactive ketones (excluding diaryl/α,β-unsaturated/α-hetero) is 1. The number of alkyl halides is 1. The molecule has 174 valence electrons. The van der Waals surface area contributed by atoms with Crippen LogP contribution < -0.4 is 11.2 Å². The summed E-state index contributed by atoms with van der Waals surface area (Å²) in [4.78, 5) is 38.6. The normalized spacial score (nSPS) is 12.0. The van der Waals surface area contributed by atoms with E-state index in [9.17, 15) is 23.2 Å². The summed E-state index contributed by atoms with van der Waals surface area (Å²) >= 11 is 5.65. The van der Waals surface area contributed by atoms with Crippen LogP contribution in [0.15, 0.2) is 64.3 Å². The number of hydrogen-bond donors (Lipinski definition) is 0. The Bertz CT molecular complexity index is 1220. The predicted octanol–water partition coefficient (Wildman–Crippen LogP) is 4.27. The van der Waals surface area contributed by atoms with E-state index in [1.165, 1.54) is 12.3 Å². The number of ketones is 1. The average molecular weight is 475 g/mol. The lowest BCUT2D eigenvalue weighted by atomic mass is 10.0. The molecule has 8 heteroatoms. The van der Waals surface area contributed by atoms with Crippen molar-refractivity contribution in [1.82, 2.24) is 9.13 Å². The second kappa shape index (κ2) is 11.2. The van der Waals surface area contributed by atoms with Gasteiger partial charge in [-0.2, -0.15) is 0 Å². The maximum atomic E-state index is 14.2. The zero-order valence-electron chi connectivity index (χ0n) is 18.3. The maximum absolute atomic E-state index is 14.2. The first kappa shape index (κ1) is 24.6. The third-order valence-electron chi connectivity index (χ3n) is 5.50. The minimum atomic E-state index is -0.794. The molecule has 0 radical (unpaired) electrons. The van der Waals surface area contributed by atoms with Crippen LogP contribution in [0.2, 0.25) is 0 Å². The van der Waals surface area contributed by atoms with Crippen molar-refractivity contribution in [2.24, 2.45) is 0 Å².